The van der Waals surface area contributed by atoms with Gasteiger partial charge in [0.25, 0.3) is 0 Å². The highest BCUT2D eigenvalue weighted by atomic mass is 16.3. The van der Waals surface area contributed by atoms with Gasteiger partial charge in [-0.3, -0.25) is 0 Å². The van der Waals surface area contributed by atoms with Crippen molar-refractivity contribution in [1.82, 2.24) is 9.55 Å². The lowest BCUT2D eigenvalue weighted by Crippen LogP contribution is -1.99. The summed E-state index contributed by atoms with van der Waals surface area (Å²) in [5.41, 5.74) is 0.907. The molecule has 0 aliphatic rings. The van der Waals surface area contributed by atoms with Gasteiger partial charge in [-0.05, 0) is 6.92 Å². The van der Waals surface area contributed by atoms with Crippen LogP contribution in [0.4, 0.5) is 0 Å². The van der Waals surface area contributed by atoms with Gasteiger partial charge in [-0.15, -0.1) is 0 Å². The molecule has 0 amide bonds. The Morgan fingerprint density at radius 1 is 1.82 bits per heavy atom. The second kappa shape index (κ2) is 3.17. The van der Waals surface area contributed by atoms with E-state index >= 15 is 0 Å². The van der Waals surface area contributed by atoms with E-state index in [1.165, 1.54) is 0 Å². The fourth-order valence-electron chi connectivity index (χ4n) is 0.939. The monoisotopic (exact) mass is 151 g/mol. The average Bonchev–Trinajstić information content (AvgIpc) is 2.45. The zero-order chi connectivity index (χ0) is 8.27. The summed E-state index contributed by atoms with van der Waals surface area (Å²) >= 11 is 0. The highest BCUT2D eigenvalue weighted by molar-refractivity contribution is 5.25. The van der Waals surface area contributed by atoms with Crippen molar-refractivity contribution < 1.29 is 5.11 Å². The van der Waals surface area contributed by atoms with Gasteiger partial charge in [0.1, 0.15) is 6.07 Å². The Morgan fingerprint density at radius 3 is 3.00 bits per heavy atom. The first-order valence-corrected chi connectivity index (χ1v) is 3.38. The molecule has 11 heavy (non-hydrogen) atoms. The van der Waals surface area contributed by atoms with Gasteiger partial charge in [0.15, 0.2) is 5.69 Å². The van der Waals surface area contributed by atoms with E-state index in [9.17, 15) is 0 Å². The Balaban J connectivity index is 3.12. The predicted octanol–water partition coefficient (Wildman–Crippen LogP) is 0.267. The van der Waals surface area contributed by atoms with Gasteiger partial charge in [-0.2, -0.15) is 5.26 Å². The lowest BCUT2D eigenvalue weighted by molar-refractivity contribution is 0.270. The maximum atomic E-state index is 8.84. The fourth-order valence-corrected chi connectivity index (χ4v) is 0.939. The molecule has 0 atom stereocenters. The van der Waals surface area contributed by atoms with Crippen molar-refractivity contribution in [2.24, 2.45) is 0 Å². The van der Waals surface area contributed by atoms with Crippen LogP contribution in [0.1, 0.15) is 18.3 Å². The van der Waals surface area contributed by atoms with Crippen molar-refractivity contribution in [2.75, 3.05) is 0 Å². The maximum absolute atomic E-state index is 8.84. The molecule has 0 aliphatic heterocycles. The minimum Gasteiger partial charge on any atom is -0.390 e. The Bertz CT molecular complexity index is 284. The first-order chi connectivity index (χ1) is 5.33. The minimum atomic E-state index is -0.128. The average molecular weight is 151 g/mol. The van der Waals surface area contributed by atoms with Crippen molar-refractivity contribution in [3.8, 4) is 6.07 Å². The molecule has 4 nitrogen and oxygen atoms in total. The summed E-state index contributed by atoms with van der Waals surface area (Å²) in [6, 6.07) is 1.91. The van der Waals surface area contributed by atoms with Crippen LogP contribution in [-0.4, -0.2) is 14.7 Å². The number of aromatic nitrogens is 2. The molecule has 0 bridgehead atoms. The molecule has 0 radical (unpaired) electrons. The second-order valence-electron chi connectivity index (χ2n) is 2.10. The van der Waals surface area contributed by atoms with Crippen molar-refractivity contribution in [1.29, 1.82) is 5.26 Å². The first kappa shape index (κ1) is 7.76. The summed E-state index contributed by atoms with van der Waals surface area (Å²) in [5, 5.41) is 17.4. The van der Waals surface area contributed by atoms with Gasteiger partial charge in [0.05, 0.1) is 18.6 Å². The highest BCUT2D eigenvalue weighted by Crippen LogP contribution is 2.05. The number of hydrogen-bond acceptors (Lipinski definition) is 3. The Morgan fingerprint density at radius 2 is 2.55 bits per heavy atom. The molecular weight excluding hydrogens is 142 g/mol. The molecule has 1 aromatic rings. The quantitative estimate of drug-likeness (QED) is 0.659. The number of rotatable bonds is 2. The topological polar surface area (TPSA) is 61.8 Å². The summed E-state index contributed by atoms with van der Waals surface area (Å²) in [5.74, 6) is 0. The number of aliphatic hydroxyl groups is 1. The molecule has 0 spiro atoms. The van der Waals surface area contributed by atoms with Crippen LogP contribution in [0, 0.1) is 11.3 Å². The molecule has 1 aromatic heterocycles. The van der Waals surface area contributed by atoms with Crippen LogP contribution >= 0.6 is 0 Å². The molecule has 0 fully saturated rings. The number of imidazole rings is 1. The number of hydrogen-bond donors (Lipinski definition) is 1. The van der Waals surface area contributed by atoms with Gasteiger partial charge in [-0.25, -0.2) is 4.98 Å². The summed E-state index contributed by atoms with van der Waals surface area (Å²) in [7, 11) is 0. The van der Waals surface area contributed by atoms with Gasteiger partial charge in [0.2, 0.25) is 0 Å². The molecule has 1 heterocycles. The Labute approximate surface area is 64.7 Å². The normalized spacial score (nSPS) is 9.55. The predicted molar refractivity (Wildman–Crippen MR) is 38.5 cm³/mol. The van der Waals surface area contributed by atoms with Crippen molar-refractivity contribution in [3.63, 3.8) is 0 Å². The van der Waals surface area contributed by atoms with Crippen molar-refractivity contribution in [2.45, 2.75) is 20.1 Å². The molecule has 0 unspecified atom stereocenters. The lowest BCUT2D eigenvalue weighted by Gasteiger charge is -1.99. The first-order valence-electron chi connectivity index (χ1n) is 3.38. The fraction of sp³-hybridized carbons (Fsp3) is 0.429. The van der Waals surface area contributed by atoms with Crippen LogP contribution in [-0.2, 0) is 13.2 Å². The zero-order valence-corrected chi connectivity index (χ0v) is 6.28. The number of nitriles is 1. The summed E-state index contributed by atoms with van der Waals surface area (Å²) in [4.78, 5) is 3.82. The van der Waals surface area contributed by atoms with Crippen LogP contribution in [0.3, 0.4) is 0 Å². The maximum Gasteiger partial charge on any atom is 0.164 e. The van der Waals surface area contributed by atoms with Crippen molar-refractivity contribution >= 4 is 0 Å². The molecule has 0 saturated carbocycles. The van der Waals surface area contributed by atoms with E-state index in [4.69, 9.17) is 10.4 Å². The van der Waals surface area contributed by atoms with E-state index in [1.807, 2.05) is 13.0 Å². The molecule has 0 saturated heterocycles. The van der Waals surface area contributed by atoms with Crippen LogP contribution in [0.25, 0.3) is 0 Å². The SMILES string of the molecule is CCn1cnc(C#N)c1CO. The van der Waals surface area contributed by atoms with Crippen LogP contribution in [0.2, 0.25) is 0 Å². The summed E-state index contributed by atoms with van der Waals surface area (Å²) in [6.45, 7) is 2.53. The summed E-state index contributed by atoms with van der Waals surface area (Å²) in [6.07, 6.45) is 1.56. The number of aryl methyl sites for hydroxylation is 1. The molecular formula is C7H9N3O. The van der Waals surface area contributed by atoms with Crippen molar-refractivity contribution in [3.05, 3.63) is 17.7 Å². The van der Waals surface area contributed by atoms with Crippen LogP contribution in [0.5, 0.6) is 0 Å². The molecule has 58 valence electrons. The van der Waals surface area contributed by atoms with E-state index < -0.39 is 0 Å². The third kappa shape index (κ3) is 1.23. The molecule has 0 aliphatic carbocycles. The lowest BCUT2D eigenvalue weighted by atomic mass is 10.3. The standard InChI is InChI=1S/C7H9N3O/c1-2-10-5-9-6(3-8)7(10)4-11/h5,11H,2,4H2,1H3. The number of aliphatic hydroxyl groups excluding tert-OH is 1. The third-order valence-electron chi connectivity index (χ3n) is 1.54. The van der Waals surface area contributed by atoms with E-state index in [2.05, 4.69) is 4.98 Å². The van der Waals surface area contributed by atoms with E-state index in [0.717, 1.165) is 6.54 Å². The Kier molecular flexibility index (Phi) is 2.24. The Hall–Kier alpha value is -1.34. The molecule has 1 rings (SSSR count). The van der Waals surface area contributed by atoms with Gasteiger partial charge in [0, 0.05) is 6.54 Å². The largest absolute Gasteiger partial charge is 0.390 e. The molecule has 1 N–H and O–H groups in total. The van der Waals surface area contributed by atoms with Gasteiger partial charge >= 0.3 is 0 Å². The van der Waals surface area contributed by atoms with E-state index in [-0.39, 0.29) is 6.61 Å². The number of nitrogens with zero attached hydrogens (tertiary/aromatic N) is 3. The second-order valence-corrected chi connectivity index (χ2v) is 2.10. The molecule has 4 heteroatoms. The van der Waals surface area contributed by atoms with Crippen LogP contribution in [0.15, 0.2) is 6.33 Å². The summed E-state index contributed by atoms with van der Waals surface area (Å²) < 4.78 is 1.75. The molecule has 0 aromatic carbocycles. The van der Waals surface area contributed by atoms with Gasteiger partial charge in [-0.1, -0.05) is 0 Å². The van der Waals surface area contributed by atoms with Crippen LogP contribution < -0.4 is 0 Å². The zero-order valence-electron chi connectivity index (χ0n) is 6.28. The van der Waals surface area contributed by atoms with Gasteiger partial charge < -0.3 is 9.67 Å². The van der Waals surface area contributed by atoms with E-state index in [1.54, 1.807) is 10.9 Å². The van der Waals surface area contributed by atoms with E-state index in [0.29, 0.717) is 11.4 Å². The third-order valence-corrected chi connectivity index (χ3v) is 1.54. The smallest absolute Gasteiger partial charge is 0.164 e. The minimum absolute atomic E-state index is 0.128. The highest BCUT2D eigenvalue weighted by Gasteiger charge is 2.06.